The van der Waals surface area contributed by atoms with Gasteiger partial charge in [0.25, 0.3) is 0 Å². The van der Waals surface area contributed by atoms with Crippen molar-refractivity contribution in [2.24, 2.45) is 17.8 Å². The van der Waals surface area contributed by atoms with Crippen molar-refractivity contribution in [3.63, 3.8) is 0 Å². The first kappa shape index (κ1) is 16.3. The second-order valence-electron chi connectivity index (χ2n) is 7.43. The van der Waals surface area contributed by atoms with E-state index in [0.717, 1.165) is 25.7 Å². The number of carbonyl (C=O) groups excluding carboxylic acids is 2. The summed E-state index contributed by atoms with van der Waals surface area (Å²) in [7, 11) is 0. The van der Waals surface area contributed by atoms with Gasteiger partial charge in [-0.1, -0.05) is 34.1 Å². The van der Waals surface area contributed by atoms with E-state index < -0.39 is 5.54 Å². The molecule has 1 N–H and O–H groups in total. The number of nitrogens with one attached hydrogen (secondary N) is 1. The number of piperazine rings is 1. The third-order valence-corrected chi connectivity index (χ3v) is 5.35. The smallest absolute Gasteiger partial charge is 0.246 e. The maximum atomic E-state index is 12.9. The van der Waals surface area contributed by atoms with Gasteiger partial charge < -0.3 is 10.2 Å². The predicted octanol–water partition coefficient (Wildman–Crippen LogP) is 2.57. The summed E-state index contributed by atoms with van der Waals surface area (Å²) in [6.45, 7) is 11.1. The fourth-order valence-electron chi connectivity index (χ4n) is 3.27. The molecule has 0 aromatic rings. The highest BCUT2D eigenvalue weighted by molar-refractivity contribution is 6.00. The average Bonchev–Trinajstić information content (AvgIpc) is 3.26. The van der Waals surface area contributed by atoms with Gasteiger partial charge >= 0.3 is 0 Å². The molecule has 1 saturated heterocycles. The van der Waals surface area contributed by atoms with Crippen LogP contribution in [0.2, 0.25) is 0 Å². The minimum Gasteiger partial charge on any atom is -0.342 e. The highest BCUT2D eigenvalue weighted by Gasteiger charge is 2.57. The summed E-state index contributed by atoms with van der Waals surface area (Å²) in [5.41, 5.74) is -0.629. The van der Waals surface area contributed by atoms with Crippen molar-refractivity contribution in [1.82, 2.24) is 10.2 Å². The van der Waals surface area contributed by atoms with Gasteiger partial charge in [0.1, 0.15) is 11.6 Å². The summed E-state index contributed by atoms with van der Waals surface area (Å²) < 4.78 is 0. The molecule has 0 spiro atoms. The number of hydrogen-bond donors (Lipinski definition) is 1. The Bertz CT molecular complexity index is 417. The molecule has 2 amide bonds. The summed E-state index contributed by atoms with van der Waals surface area (Å²) in [5, 5.41) is 3.02. The lowest BCUT2D eigenvalue weighted by molar-refractivity contribution is -0.159. The van der Waals surface area contributed by atoms with Crippen LogP contribution in [0.25, 0.3) is 0 Å². The Balaban J connectivity index is 2.25. The van der Waals surface area contributed by atoms with Gasteiger partial charge in [-0.05, 0) is 43.9 Å². The molecule has 1 aliphatic carbocycles. The Morgan fingerprint density at radius 3 is 2.38 bits per heavy atom. The van der Waals surface area contributed by atoms with Gasteiger partial charge in [0.2, 0.25) is 11.8 Å². The van der Waals surface area contributed by atoms with Crippen LogP contribution in [0.15, 0.2) is 0 Å². The molecule has 4 nitrogen and oxygen atoms in total. The molecule has 4 heteroatoms. The molecule has 0 aromatic carbocycles. The topological polar surface area (TPSA) is 49.4 Å². The maximum absolute atomic E-state index is 12.9. The first-order chi connectivity index (χ1) is 9.82. The summed E-state index contributed by atoms with van der Waals surface area (Å²) in [4.78, 5) is 27.6. The zero-order valence-corrected chi connectivity index (χ0v) is 14.1. The lowest BCUT2D eigenvalue weighted by atomic mass is 9.84. The van der Waals surface area contributed by atoms with Gasteiger partial charge in [0, 0.05) is 6.54 Å². The molecule has 1 aliphatic heterocycles. The standard InChI is InChI=1S/C17H30N2O2/c1-6-12(4)14-15(20)19(10-9-11(2)3)17(5,13-7-8-13)16(21)18-14/h11-14H,6-10H2,1-5H3,(H,18,21). The molecule has 21 heavy (non-hydrogen) atoms. The minimum atomic E-state index is -0.629. The molecular weight excluding hydrogens is 264 g/mol. The van der Waals surface area contributed by atoms with Crippen molar-refractivity contribution in [1.29, 1.82) is 0 Å². The van der Waals surface area contributed by atoms with Crippen molar-refractivity contribution in [2.75, 3.05) is 6.54 Å². The zero-order chi connectivity index (χ0) is 15.8. The van der Waals surface area contributed by atoms with Crippen LogP contribution in [0, 0.1) is 17.8 Å². The molecule has 120 valence electrons. The van der Waals surface area contributed by atoms with E-state index in [9.17, 15) is 9.59 Å². The van der Waals surface area contributed by atoms with Gasteiger partial charge in [0.05, 0.1) is 0 Å². The normalized spacial score (nSPS) is 31.5. The van der Waals surface area contributed by atoms with Gasteiger partial charge in [-0.15, -0.1) is 0 Å². The van der Waals surface area contributed by atoms with Crippen LogP contribution >= 0.6 is 0 Å². The molecular formula is C17H30N2O2. The van der Waals surface area contributed by atoms with Crippen LogP contribution < -0.4 is 5.32 Å². The molecule has 1 saturated carbocycles. The van der Waals surface area contributed by atoms with E-state index in [-0.39, 0.29) is 23.8 Å². The van der Waals surface area contributed by atoms with Gasteiger partial charge in [-0.25, -0.2) is 0 Å². The molecule has 0 aromatic heterocycles. The fraction of sp³-hybridized carbons (Fsp3) is 0.882. The van der Waals surface area contributed by atoms with Crippen LogP contribution in [0.5, 0.6) is 0 Å². The summed E-state index contributed by atoms with van der Waals surface area (Å²) in [5.74, 6) is 1.24. The van der Waals surface area contributed by atoms with E-state index >= 15 is 0 Å². The van der Waals surface area contributed by atoms with Crippen LogP contribution in [0.4, 0.5) is 0 Å². The minimum absolute atomic E-state index is 0.0543. The van der Waals surface area contributed by atoms with Gasteiger partial charge in [0.15, 0.2) is 0 Å². The number of amides is 2. The lowest BCUT2D eigenvalue weighted by Gasteiger charge is -2.48. The summed E-state index contributed by atoms with van der Waals surface area (Å²) >= 11 is 0. The third kappa shape index (κ3) is 2.95. The number of hydrogen-bond acceptors (Lipinski definition) is 2. The first-order valence-corrected chi connectivity index (χ1v) is 8.44. The van der Waals surface area contributed by atoms with Crippen LogP contribution in [-0.2, 0) is 9.59 Å². The predicted molar refractivity (Wildman–Crippen MR) is 83.7 cm³/mol. The average molecular weight is 294 g/mol. The lowest BCUT2D eigenvalue weighted by Crippen LogP contribution is -2.71. The van der Waals surface area contributed by atoms with Crippen LogP contribution in [-0.4, -0.2) is 34.8 Å². The SMILES string of the molecule is CCC(C)C1NC(=O)C(C)(C2CC2)N(CCC(C)C)C1=O. The highest BCUT2D eigenvalue weighted by atomic mass is 16.2. The Morgan fingerprint density at radius 2 is 1.90 bits per heavy atom. The first-order valence-electron chi connectivity index (χ1n) is 8.44. The van der Waals surface area contributed by atoms with E-state index in [1.54, 1.807) is 0 Å². The van der Waals surface area contributed by atoms with Crippen molar-refractivity contribution in [3.8, 4) is 0 Å². The zero-order valence-electron chi connectivity index (χ0n) is 14.1. The summed E-state index contributed by atoms with van der Waals surface area (Å²) in [6.07, 6.45) is 3.97. The molecule has 2 aliphatic rings. The quantitative estimate of drug-likeness (QED) is 0.818. The third-order valence-electron chi connectivity index (χ3n) is 5.35. The van der Waals surface area contributed by atoms with Gasteiger partial charge in [-0.3, -0.25) is 9.59 Å². The second kappa shape index (κ2) is 5.98. The van der Waals surface area contributed by atoms with Gasteiger partial charge in [-0.2, -0.15) is 0 Å². The van der Waals surface area contributed by atoms with Crippen LogP contribution in [0.3, 0.4) is 0 Å². The van der Waals surface area contributed by atoms with Crippen molar-refractivity contribution in [3.05, 3.63) is 0 Å². The Labute approximate surface area is 128 Å². The van der Waals surface area contributed by atoms with E-state index in [0.29, 0.717) is 18.4 Å². The molecule has 2 fully saturated rings. The fourth-order valence-corrected chi connectivity index (χ4v) is 3.27. The van der Waals surface area contributed by atoms with Crippen LogP contribution in [0.1, 0.15) is 60.3 Å². The van der Waals surface area contributed by atoms with E-state index in [1.807, 2.05) is 18.7 Å². The van der Waals surface area contributed by atoms with Crippen molar-refractivity contribution < 1.29 is 9.59 Å². The largest absolute Gasteiger partial charge is 0.342 e. The molecule has 3 unspecified atom stereocenters. The molecule has 0 bridgehead atoms. The Hall–Kier alpha value is -1.06. The van der Waals surface area contributed by atoms with Crippen molar-refractivity contribution >= 4 is 11.8 Å². The number of carbonyl (C=O) groups is 2. The molecule has 1 heterocycles. The van der Waals surface area contributed by atoms with E-state index in [1.165, 1.54) is 0 Å². The molecule has 2 rings (SSSR count). The molecule has 3 atom stereocenters. The van der Waals surface area contributed by atoms with Crippen molar-refractivity contribution in [2.45, 2.75) is 71.9 Å². The second-order valence-corrected chi connectivity index (χ2v) is 7.43. The number of rotatable bonds is 6. The number of nitrogens with zero attached hydrogens (tertiary/aromatic N) is 1. The Morgan fingerprint density at radius 1 is 1.29 bits per heavy atom. The van der Waals surface area contributed by atoms with E-state index in [2.05, 4.69) is 26.1 Å². The van der Waals surface area contributed by atoms with E-state index in [4.69, 9.17) is 0 Å². The summed E-state index contributed by atoms with van der Waals surface area (Å²) in [6, 6.07) is -0.346. The Kier molecular flexibility index (Phi) is 4.64. The monoisotopic (exact) mass is 294 g/mol. The maximum Gasteiger partial charge on any atom is 0.246 e. The molecule has 0 radical (unpaired) electrons. The highest BCUT2D eigenvalue weighted by Crippen LogP contribution is 2.45.